The predicted molar refractivity (Wildman–Crippen MR) is 68.0 cm³/mol. The normalized spacial score (nSPS) is 10.8. The van der Waals surface area contributed by atoms with E-state index in [1.807, 2.05) is 31.2 Å². The molecule has 2 aromatic heterocycles. The summed E-state index contributed by atoms with van der Waals surface area (Å²) in [5.41, 5.74) is 7.53. The van der Waals surface area contributed by atoms with Crippen LogP contribution in [0.3, 0.4) is 0 Å². The van der Waals surface area contributed by atoms with Gasteiger partial charge in [0.2, 0.25) is 0 Å². The Morgan fingerprint density at radius 1 is 1.37 bits per heavy atom. The maximum absolute atomic E-state index is 5.49. The first kappa shape index (κ1) is 11.4. The van der Waals surface area contributed by atoms with Gasteiger partial charge < -0.3 is 10.3 Å². The zero-order valence-electron chi connectivity index (χ0n) is 10.3. The monoisotopic (exact) mass is 256 g/mol. The fourth-order valence-corrected chi connectivity index (χ4v) is 1.75. The highest BCUT2D eigenvalue weighted by Crippen LogP contribution is 2.18. The van der Waals surface area contributed by atoms with E-state index in [4.69, 9.17) is 10.3 Å². The van der Waals surface area contributed by atoms with Crippen molar-refractivity contribution in [2.24, 2.45) is 0 Å². The average molecular weight is 256 g/mol. The second kappa shape index (κ2) is 4.52. The van der Waals surface area contributed by atoms with E-state index >= 15 is 0 Å². The van der Waals surface area contributed by atoms with Crippen LogP contribution in [0, 0.1) is 6.92 Å². The molecule has 2 N–H and O–H groups in total. The summed E-state index contributed by atoms with van der Waals surface area (Å²) < 4.78 is 6.79. The summed E-state index contributed by atoms with van der Waals surface area (Å²) in [7, 11) is 0. The molecule has 7 nitrogen and oxygen atoms in total. The van der Waals surface area contributed by atoms with Crippen LogP contribution in [0.5, 0.6) is 0 Å². The first-order valence-corrected chi connectivity index (χ1v) is 5.76. The number of benzene rings is 1. The molecule has 0 aliphatic carbocycles. The summed E-state index contributed by atoms with van der Waals surface area (Å²) in [6.45, 7) is 2.39. The van der Waals surface area contributed by atoms with Gasteiger partial charge in [-0.2, -0.15) is 4.98 Å². The molecular weight excluding hydrogens is 244 g/mol. The van der Waals surface area contributed by atoms with Crippen LogP contribution in [-0.4, -0.2) is 25.1 Å². The van der Waals surface area contributed by atoms with Crippen molar-refractivity contribution >= 4 is 5.82 Å². The van der Waals surface area contributed by atoms with Crippen molar-refractivity contribution in [2.75, 3.05) is 5.73 Å². The van der Waals surface area contributed by atoms with E-state index in [2.05, 4.69) is 20.5 Å². The summed E-state index contributed by atoms with van der Waals surface area (Å²) in [5.74, 6) is 1.38. The lowest BCUT2D eigenvalue weighted by atomic mass is 10.1. The number of aryl methyl sites for hydroxylation is 1. The van der Waals surface area contributed by atoms with Gasteiger partial charge in [-0.05, 0) is 19.1 Å². The predicted octanol–water partition coefficient (Wildman–Crippen LogP) is 1.27. The Hall–Kier alpha value is -2.70. The number of rotatable bonds is 3. The molecule has 0 spiro atoms. The number of anilines is 1. The molecule has 0 aliphatic heterocycles. The highest BCUT2D eigenvalue weighted by molar-refractivity contribution is 5.53. The van der Waals surface area contributed by atoms with E-state index in [0.717, 1.165) is 11.1 Å². The van der Waals surface area contributed by atoms with E-state index < -0.39 is 0 Å². The molecule has 0 unspecified atom stereocenters. The lowest BCUT2D eigenvalue weighted by Gasteiger charge is -1.95. The molecule has 3 aromatic rings. The molecule has 0 radical (unpaired) electrons. The lowest BCUT2D eigenvalue weighted by molar-refractivity contribution is 0.418. The number of nitrogens with two attached hydrogens (primary N) is 1. The first-order valence-electron chi connectivity index (χ1n) is 5.76. The zero-order valence-corrected chi connectivity index (χ0v) is 10.3. The molecule has 0 bridgehead atoms. The lowest BCUT2D eigenvalue weighted by Crippen LogP contribution is -2.02. The summed E-state index contributed by atoms with van der Waals surface area (Å²) in [6, 6.07) is 7.88. The summed E-state index contributed by atoms with van der Waals surface area (Å²) in [5, 5.41) is 11.4. The molecule has 0 saturated heterocycles. The maximum atomic E-state index is 5.49. The summed E-state index contributed by atoms with van der Waals surface area (Å²) >= 11 is 0. The Bertz CT molecular complexity index is 702. The van der Waals surface area contributed by atoms with Gasteiger partial charge in [-0.15, -0.1) is 5.10 Å². The van der Waals surface area contributed by atoms with Crippen molar-refractivity contribution in [2.45, 2.75) is 13.5 Å². The van der Waals surface area contributed by atoms with Crippen LogP contribution in [0.15, 0.2) is 35.0 Å². The van der Waals surface area contributed by atoms with Crippen molar-refractivity contribution in [3.63, 3.8) is 0 Å². The first-order chi connectivity index (χ1) is 9.20. The van der Waals surface area contributed by atoms with Gasteiger partial charge in [-0.1, -0.05) is 28.1 Å². The second-order valence-electron chi connectivity index (χ2n) is 4.23. The molecule has 19 heavy (non-hydrogen) atoms. The third kappa shape index (κ3) is 2.44. The molecule has 0 aliphatic rings. The van der Waals surface area contributed by atoms with Gasteiger partial charge in [-0.25, -0.2) is 4.68 Å². The van der Waals surface area contributed by atoms with Crippen molar-refractivity contribution in [3.05, 3.63) is 41.9 Å². The van der Waals surface area contributed by atoms with Crippen LogP contribution in [-0.2, 0) is 6.54 Å². The molecular formula is C12H12N6O. The number of hydrogen-bond acceptors (Lipinski definition) is 6. The minimum absolute atomic E-state index is 0.363. The Labute approximate surface area is 109 Å². The van der Waals surface area contributed by atoms with Gasteiger partial charge in [-0.3, -0.25) is 0 Å². The summed E-state index contributed by atoms with van der Waals surface area (Å²) in [6.07, 6.45) is 1.61. The van der Waals surface area contributed by atoms with Crippen LogP contribution >= 0.6 is 0 Å². The van der Waals surface area contributed by atoms with Gasteiger partial charge in [0.05, 0.1) is 6.20 Å². The third-order valence-corrected chi connectivity index (χ3v) is 2.59. The molecule has 0 saturated carbocycles. The zero-order chi connectivity index (χ0) is 13.2. The smallest absolute Gasteiger partial charge is 0.257 e. The molecule has 0 fully saturated rings. The molecule has 1 aromatic carbocycles. The van der Waals surface area contributed by atoms with E-state index in [1.54, 1.807) is 10.9 Å². The Balaban J connectivity index is 1.83. The van der Waals surface area contributed by atoms with Crippen LogP contribution < -0.4 is 5.73 Å². The fourth-order valence-electron chi connectivity index (χ4n) is 1.75. The van der Waals surface area contributed by atoms with Crippen molar-refractivity contribution < 1.29 is 4.52 Å². The minimum Gasteiger partial charge on any atom is -0.381 e. The number of nitrogen functional groups attached to an aromatic ring is 1. The number of aromatic nitrogens is 5. The average Bonchev–Trinajstić information content (AvgIpc) is 2.99. The molecule has 3 rings (SSSR count). The van der Waals surface area contributed by atoms with Gasteiger partial charge in [0.1, 0.15) is 6.54 Å². The molecule has 2 heterocycles. The van der Waals surface area contributed by atoms with Crippen LogP contribution in [0.2, 0.25) is 0 Å². The Morgan fingerprint density at radius 2 is 2.26 bits per heavy atom. The standard InChI is InChI=1S/C12H12N6O/c1-8-3-2-4-9(5-8)12-14-11(16-19-12)7-18-6-10(13)15-17-18/h2-6H,7,13H2,1H3. The number of hydrogen-bond donors (Lipinski definition) is 1. The molecule has 0 amide bonds. The molecule has 7 heteroatoms. The van der Waals surface area contributed by atoms with Gasteiger partial charge >= 0.3 is 0 Å². The third-order valence-electron chi connectivity index (χ3n) is 2.59. The van der Waals surface area contributed by atoms with Crippen LogP contribution in [0.25, 0.3) is 11.5 Å². The summed E-state index contributed by atoms with van der Waals surface area (Å²) in [4.78, 5) is 4.32. The highest BCUT2D eigenvalue weighted by atomic mass is 16.5. The topological polar surface area (TPSA) is 95.7 Å². The van der Waals surface area contributed by atoms with Gasteiger partial charge in [0.15, 0.2) is 11.6 Å². The van der Waals surface area contributed by atoms with E-state index in [-0.39, 0.29) is 0 Å². The quantitative estimate of drug-likeness (QED) is 0.758. The second-order valence-corrected chi connectivity index (χ2v) is 4.23. The Kier molecular flexibility index (Phi) is 2.71. The van der Waals surface area contributed by atoms with E-state index in [9.17, 15) is 0 Å². The van der Waals surface area contributed by atoms with Crippen molar-refractivity contribution in [3.8, 4) is 11.5 Å². The molecule has 96 valence electrons. The van der Waals surface area contributed by atoms with E-state index in [1.165, 1.54) is 0 Å². The molecule has 0 atom stereocenters. The van der Waals surface area contributed by atoms with Gasteiger partial charge in [0.25, 0.3) is 5.89 Å². The maximum Gasteiger partial charge on any atom is 0.257 e. The van der Waals surface area contributed by atoms with Crippen molar-refractivity contribution in [1.29, 1.82) is 0 Å². The van der Waals surface area contributed by atoms with Crippen LogP contribution in [0.1, 0.15) is 11.4 Å². The fraction of sp³-hybridized carbons (Fsp3) is 0.167. The van der Waals surface area contributed by atoms with Gasteiger partial charge in [0, 0.05) is 5.56 Å². The van der Waals surface area contributed by atoms with E-state index in [0.29, 0.717) is 24.1 Å². The largest absolute Gasteiger partial charge is 0.381 e. The van der Waals surface area contributed by atoms with Crippen molar-refractivity contribution in [1.82, 2.24) is 25.1 Å². The Morgan fingerprint density at radius 3 is 3.00 bits per heavy atom. The number of nitrogens with zero attached hydrogens (tertiary/aromatic N) is 5. The highest BCUT2D eigenvalue weighted by Gasteiger charge is 2.10. The van der Waals surface area contributed by atoms with Crippen LogP contribution in [0.4, 0.5) is 5.82 Å². The SMILES string of the molecule is Cc1cccc(-c2nc(Cn3cc(N)nn3)no2)c1. The minimum atomic E-state index is 0.363.